The molecule has 0 atom stereocenters. The maximum absolute atomic E-state index is 12.1. The number of methoxy groups -OCH3 is 1. The summed E-state index contributed by atoms with van der Waals surface area (Å²) in [6.45, 7) is 0.314. The average Bonchev–Trinajstić information content (AvgIpc) is 2.91. The molecule has 0 radical (unpaired) electrons. The second-order valence-electron chi connectivity index (χ2n) is 3.91. The van der Waals surface area contributed by atoms with E-state index in [0.717, 1.165) is 4.88 Å². The van der Waals surface area contributed by atoms with Crippen LogP contribution in [0.4, 0.5) is 0 Å². The largest absolute Gasteiger partial charge is 0.495 e. The van der Waals surface area contributed by atoms with E-state index < -0.39 is 10.0 Å². The molecule has 2 aromatic rings. The van der Waals surface area contributed by atoms with E-state index in [2.05, 4.69) is 9.71 Å². The summed E-state index contributed by atoms with van der Waals surface area (Å²) < 4.78 is 31.7. The van der Waals surface area contributed by atoms with Gasteiger partial charge in [-0.15, -0.1) is 11.3 Å². The first-order valence-corrected chi connectivity index (χ1v) is 8.47. The van der Waals surface area contributed by atoms with Crippen LogP contribution in [0, 0.1) is 0 Å². The monoisotopic (exact) mass is 332 g/mol. The number of sulfonamides is 1. The fourth-order valence-electron chi connectivity index (χ4n) is 1.57. The van der Waals surface area contributed by atoms with Crippen LogP contribution < -0.4 is 9.46 Å². The quantitative estimate of drug-likeness (QED) is 0.881. The van der Waals surface area contributed by atoms with Gasteiger partial charge in [0.05, 0.1) is 22.5 Å². The van der Waals surface area contributed by atoms with Crippen LogP contribution in [-0.2, 0) is 16.4 Å². The second kappa shape index (κ2) is 6.53. The van der Waals surface area contributed by atoms with Crippen LogP contribution in [0.5, 0.6) is 5.75 Å². The minimum absolute atomic E-state index is 0.118. The summed E-state index contributed by atoms with van der Waals surface area (Å²) in [5, 5.41) is 0.262. The van der Waals surface area contributed by atoms with Gasteiger partial charge in [-0.3, -0.25) is 4.98 Å². The molecule has 0 bridgehead atoms. The van der Waals surface area contributed by atoms with Crippen molar-refractivity contribution in [2.24, 2.45) is 0 Å². The highest BCUT2D eigenvalue weighted by molar-refractivity contribution is 7.89. The van der Waals surface area contributed by atoms with Crippen molar-refractivity contribution in [3.05, 3.63) is 39.8 Å². The molecule has 20 heavy (non-hydrogen) atoms. The van der Waals surface area contributed by atoms with Crippen molar-refractivity contribution < 1.29 is 13.2 Å². The van der Waals surface area contributed by atoms with Gasteiger partial charge in [0.25, 0.3) is 0 Å². The zero-order valence-corrected chi connectivity index (χ0v) is 13.1. The van der Waals surface area contributed by atoms with E-state index in [1.807, 2.05) is 0 Å². The molecule has 0 amide bonds. The van der Waals surface area contributed by atoms with Crippen molar-refractivity contribution in [1.29, 1.82) is 0 Å². The van der Waals surface area contributed by atoms with Crippen LogP contribution in [0.3, 0.4) is 0 Å². The van der Waals surface area contributed by atoms with Gasteiger partial charge in [-0.1, -0.05) is 11.6 Å². The first-order valence-electron chi connectivity index (χ1n) is 5.73. The Labute approximate surface area is 126 Å². The minimum Gasteiger partial charge on any atom is -0.495 e. The van der Waals surface area contributed by atoms with E-state index in [1.54, 1.807) is 11.7 Å². The number of thiazole rings is 1. The molecule has 0 aliphatic rings. The smallest absolute Gasteiger partial charge is 0.240 e. The molecule has 2 rings (SSSR count). The average molecular weight is 333 g/mol. The van der Waals surface area contributed by atoms with Gasteiger partial charge in [0.2, 0.25) is 10.0 Å². The molecule has 0 aliphatic heterocycles. The lowest BCUT2D eigenvalue weighted by atomic mass is 10.3. The zero-order valence-electron chi connectivity index (χ0n) is 10.7. The lowest BCUT2D eigenvalue weighted by Gasteiger charge is -2.08. The fourth-order valence-corrected chi connectivity index (χ4v) is 3.55. The van der Waals surface area contributed by atoms with Crippen LogP contribution in [0.15, 0.2) is 34.8 Å². The first-order chi connectivity index (χ1) is 9.53. The molecule has 1 N–H and O–H groups in total. The molecule has 0 spiro atoms. The van der Waals surface area contributed by atoms with Crippen LogP contribution in [0.2, 0.25) is 5.02 Å². The summed E-state index contributed by atoms with van der Waals surface area (Å²) in [7, 11) is -2.09. The van der Waals surface area contributed by atoms with E-state index in [-0.39, 0.29) is 9.92 Å². The van der Waals surface area contributed by atoms with Crippen LogP contribution in [0.25, 0.3) is 0 Å². The number of benzene rings is 1. The summed E-state index contributed by atoms with van der Waals surface area (Å²) in [4.78, 5) is 5.08. The Kier molecular flexibility index (Phi) is 4.98. The van der Waals surface area contributed by atoms with Gasteiger partial charge in [0.1, 0.15) is 5.75 Å². The van der Waals surface area contributed by atoms with Crippen molar-refractivity contribution in [1.82, 2.24) is 9.71 Å². The van der Waals surface area contributed by atoms with Gasteiger partial charge in [-0.05, 0) is 24.6 Å². The highest BCUT2D eigenvalue weighted by Crippen LogP contribution is 2.26. The number of ether oxygens (including phenoxy) is 1. The molecule has 1 aromatic heterocycles. The van der Waals surface area contributed by atoms with Crippen molar-refractivity contribution in [3.8, 4) is 5.75 Å². The zero-order chi connectivity index (χ0) is 14.6. The highest BCUT2D eigenvalue weighted by atomic mass is 35.5. The van der Waals surface area contributed by atoms with Gasteiger partial charge in [0, 0.05) is 17.6 Å². The number of nitrogens with one attached hydrogen (secondary N) is 1. The third kappa shape index (κ3) is 3.69. The third-order valence-electron chi connectivity index (χ3n) is 2.58. The summed E-state index contributed by atoms with van der Waals surface area (Å²) in [5.41, 5.74) is 1.72. The number of aromatic nitrogens is 1. The number of rotatable bonds is 6. The summed E-state index contributed by atoms with van der Waals surface area (Å²) in [6, 6.07) is 4.36. The number of halogens is 1. The predicted octanol–water partition coefficient (Wildman–Crippen LogP) is 2.33. The maximum Gasteiger partial charge on any atom is 0.240 e. The number of hydrogen-bond acceptors (Lipinski definition) is 5. The van der Waals surface area contributed by atoms with Gasteiger partial charge in [0.15, 0.2) is 0 Å². The first kappa shape index (κ1) is 15.2. The molecular weight excluding hydrogens is 320 g/mol. The topological polar surface area (TPSA) is 68.3 Å². The Morgan fingerprint density at radius 1 is 1.45 bits per heavy atom. The second-order valence-corrected chi connectivity index (χ2v) is 7.06. The molecule has 108 valence electrons. The molecule has 0 fully saturated rings. The molecule has 8 heteroatoms. The number of nitrogens with zero attached hydrogens (tertiary/aromatic N) is 1. The molecule has 0 saturated carbocycles. The molecule has 0 aliphatic carbocycles. The van der Waals surface area contributed by atoms with E-state index >= 15 is 0 Å². The summed E-state index contributed by atoms with van der Waals surface area (Å²) in [5.74, 6) is 0.440. The molecule has 1 heterocycles. The van der Waals surface area contributed by atoms with E-state index in [1.165, 1.54) is 36.6 Å². The van der Waals surface area contributed by atoms with Crippen molar-refractivity contribution in [2.45, 2.75) is 11.3 Å². The Morgan fingerprint density at radius 3 is 2.85 bits per heavy atom. The predicted molar refractivity (Wildman–Crippen MR) is 79.0 cm³/mol. The van der Waals surface area contributed by atoms with Crippen LogP contribution in [0.1, 0.15) is 4.88 Å². The summed E-state index contributed by atoms with van der Waals surface area (Å²) in [6.07, 6.45) is 2.33. The van der Waals surface area contributed by atoms with Crippen molar-refractivity contribution in [2.75, 3.05) is 13.7 Å². The fraction of sp³-hybridized carbons (Fsp3) is 0.250. The Morgan fingerprint density at radius 2 is 2.25 bits per heavy atom. The lowest BCUT2D eigenvalue weighted by molar-refractivity contribution is 0.414. The van der Waals surface area contributed by atoms with Crippen molar-refractivity contribution in [3.63, 3.8) is 0 Å². The normalized spacial score (nSPS) is 11.5. The van der Waals surface area contributed by atoms with Gasteiger partial charge < -0.3 is 4.74 Å². The van der Waals surface area contributed by atoms with Crippen LogP contribution >= 0.6 is 22.9 Å². The van der Waals surface area contributed by atoms with E-state index in [0.29, 0.717) is 18.7 Å². The SMILES string of the molecule is COc1ccc(S(=O)(=O)NCCc2cncs2)cc1Cl. The molecule has 1 aromatic carbocycles. The third-order valence-corrected chi connectivity index (χ3v) is 5.17. The van der Waals surface area contributed by atoms with Crippen LogP contribution in [-0.4, -0.2) is 27.1 Å². The molecule has 5 nitrogen and oxygen atoms in total. The van der Waals surface area contributed by atoms with E-state index in [9.17, 15) is 8.42 Å². The van der Waals surface area contributed by atoms with Gasteiger partial charge in [-0.2, -0.15) is 0 Å². The molecular formula is C12H13ClN2O3S2. The Balaban J connectivity index is 2.04. The van der Waals surface area contributed by atoms with E-state index in [4.69, 9.17) is 16.3 Å². The molecule has 0 unspecified atom stereocenters. The van der Waals surface area contributed by atoms with Crippen molar-refractivity contribution >= 4 is 33.0 Å². The standard InChI is InChI=1S/C12H13ClN2O3S2/c1-18-12-3-2-10(6-11(12)13)20(16,17)15-5-4-9-7-14-8-19-9/h2-3,6-8,15H,4-5H2,1H3. The number of hydrogen-bond donors (Lipinski definition) is 1. The van der Waals surface area contributed by atoms with Gasteiger partial charge >= 0.3 is 0 Å². The highest BCUT2D eigenvalue weighted by Gasteiger charge is 2.15. The lowest BCUT2D eigenvalue weighted by Crippen LogP contribution is -2.25. The Bertz CT molecular complexity index is 672. The van der Waals surface area contributed by atoms with Gasteiger partial charge in [-0.25, -0.2) is 13.1 Å². The minimum atomic E-state index is -3.57. The maximum atomic E-state index is 12.1. The Hall–Kier alpha value is -1.15. The molecule has 0 saturated heterocycles. The summed E-state index contributed by atoms with van der Waals surface area (Å²) >= 11 is 7.42.